The van der Waals surface area contributed by atoms with E-state index in [1.807, 2.05) is 66.7 Å². The van der Waals surface area contributed by atoms with Crippen molar-refractivity contribution < 1.29 is 43.0 Å². The zero-order valence-electron chi connectivity index (χ0n) is 26.3. The molecule has 3 aromatic carbocycles. The van der Waals surface area contributed by atoms with Crippen LogP contribution in [0.25, 0.3) is 0 Å². The summed E-state index contributed by atoms with van der Waals surface area (Å²) in [6, 6.07) is 26.0. The first-order chi connectivity index (χ1) is 23.3. The Hall–Kier alpha value is -5.23. The fourth-order valence-electron chi connectivity index (χ4n) is 6.34. The second-order valence-electron chi connectivity index (χ2n) is 12.1. The number of hydrogen-bond acceptors (Lipinski definition) is 9. The number of hydrogen-bond donors (Lipinski definition) is 2. The molecule has 1 aliphatic carbocycles. The highest BCUT2D eigenvalue weighted by Crippen LogP contribution is 2.38. The molecule has 0 aromatic heterocycles. The van der Waals surface area contributed by atoms with Gasteiger partial charge < -0.3 is 24.8 Å². The second kappa shape index (κ2) is 14.3. The van der Waals surface area contributed by atoms with E-state index in [1.54, 1.807) is 24.3 Å². The third kappa shape index (κ3) is 6.89. The van der Waals surface area contributed by atoms with Crippen molar-refractivity contribution in [2.45, 2.75) is 75.0 Å². The number of benzene rings is 3. The zero-order chi connectivity index (χ0) is 33.6. The van der Waals surface area contributed by atoms with Crippen molar-refractivity contribution in [3.05, 3.63) is 108 Å². The molecule has 1 saturated carbocycles. The highest BCUT2D eigenvalue weighted by Gasteiger charge is 2.60. The number of nitrogens with one attached hydrogen (secondary N) is 2. The Morgan fingerprint density at radius 1 is 0.833 bits per heavy atom. The molecule has 2 saturated heterocycles. The summed E-state index contributed by atoms with van der Waals surface area (Å²) in [6.45, 7) is -0.299. The number of cyclic esters (lactones) is 1. The average Bonchev–Trinajstić information content (AvgIpc) is 3.70. The van der Waals surface area contributed by atoms with Crippen LogP contribution in [0.3, 0.4) is 0 Å². The molecular weight excluding hydrogens is 618 g/mol. The lowest BCUT2D eigenvalue weighted by molar-refractivity contribution is -0.260. The molecule has 2 heterocycles. The number of hydroxylamine groups is 2. The topological polar surface area (TPSA) is 150 Å². The monoisotopic (exact) mass is 655 g/mol. The zero-order valence-corrected chi connectivity index (χ0v) is 26.3. The Balaban J connectivity index is 1.17. The number of nitrogens with zero attached hydrogens (tertiary/aromatic N) is 1. The Labute approximate surface area is 277 Å². The van der Waals surface area contributed by atoms with Crippen LogP contribution in [0.5, 0.6) is 0 Å². The molecule has 2 atom stereocenters. The summed E-state index contributed by atoms with van der Waals surface area (Å²) in [7, 11) is 0. The maximum Gasteiger partial charge on any atom is 0.408 e. The first kappa shape index (κ1) is 32.7. The van der Waals surface area contributed by atoms with Crippen LogP contribution >= 0.6 is 0 Å². The standard InChI is InChI=1S/C36H37N3O9/c40-29-19-22-36(48-29,33(43)47-30(26-15-7-2-8-16-26)27-17-9-3-10-18-27)39-31(41)28(24-46-39)37-32(42)35(20-11-4-12-21-35)38-34(44)45-23-25-13-5-1-6-14-25/h1-3,5-10,13-18,28,30H,4,11-12,19-24H2,(H,37,42)(H,38,44). The van der Waals surface area contributed by atoms with Crippen molar-refractivity contribution in [2.75, 3.05) is 6.61 Å². The average molecular weight is 656 g/mol. The van der Waals surface area contributed by atoms with E-state index in [1.165, 1.54) is 0 Å². The van der Waals surface area contributed by atoms with Crippen LogP contribution < -0.4 is 10.6 Å². The SMILES string of the molecule is O=C1CCC(C(=O)OC(c2ccccc2)c2ccccc2)(N2OCC(NC(=O)C3(NC(=O)OCc4ccccc4)CCCCC3)C2=O)O1. The van der Waals surface area contributed by atoms with E-state index >= 15 is 0 Å². The fourth-order valence-corrected chi connectivity index (χ4v) is 6.34. The van der Waals surface area contributed by atoms with Gasteiger partial charge in [-0.25, -0.2) is 9.59 Å². The summed E-state index contributed by atoms with van der Waals surface area (Å²) in [5, 5.41) is 6.19. The molecule has 3 amide bonds. The van der Waals surface area contributed by atoms with Gasteiger partial charge in [0.25, 0.3) is 5.91 Å². The van der Waals surface area contributed by atoms with Crippen molar-refractivity contribution in [3.63, 3.8) is 0 Å². The number of rotatable bonds is 10. The number of alkyl carbamates (subject to hydrolysis) is 1. The van der Waals surface area contributed by atoms with Crippen molar-refractivity contribution in [1.29, 1.82) is 0 Å². The third-order valence-corrected chi connectivity index (χ3v) is 8.90. The van der Waals surface area contributed by atoms with Gasteiger partial charge in [-0.1, -0.05) is 110 Å². The molecule has 2 N–H and O–H groups in total. The van der Waals surface area contributed by atoms with Gasteiger partial charge in [-0.15, -0.1) is 0 Å². The van der Waals surface area contributed by atoms with Gasteiger partial charge in [0.05, 0.1) is 6.42 Å². The van der Waals surface area contributed by atoms with Gasteiger partial charge in [-0.2, -0.15) is 5.06 Å². The molecule has 3 aromatic rings. The number of carbonyl (C=O) groups excluding carboxylic acids is 5. The molecule has 48 heavy (non-hydrogen) atoms. The van der Waals surface area contributed by atoms with Crippen molar-refractivity contribution in [2.24, 2.45) is 0 Å². The Bertz CT molecular complexity index is 1590. The third-order valence-electron chi connectivity index (χ3n) is 8.90. The lowest BCUT2D eigenvalue weighted by Crippen LogP contribution is -2.63. The number of amides is 3. The van der Waals surface area contributed by atoms with Crippen molar-refractivity contribution >= 4 is 29.8 Å². The molecule has 0 radical (unpaired) electrons. The van der Waals surface area contributed by atoms with E-state index in [2.05, 4.69) is 10.6 Å². The molecule has 2 aliphatic heterocycles. The number of ether oxygens (including phenoxy) is 3. The highest BCUT2D eigenvalue weighted by molar-refractivity contribution is 5.97. The van der Waals surface area contributed by atoms with Crippen LogP contribution in [0.2, 0.25) is 0 Å². The maximum atomic E-state index is 14.0. The van der Waals surface area contributed by atoms with Crippen LogP contribution in [0.4, 0.5) is 4.79 Å². The minimum absolute atomic E-state index is 0.0284. The van der Waals surface area contributed by atoms with Crippen LogP contribution in [0.15, 0.2) is 91.0 Å². The van der Waals surface area contributed by atoms with Gasteiger partial charge in [-0.3, -0.25) is 19.2 Å². The summed E-state index contributed by atoms with van der Waals surface area (Å²) >= 11 is 0. The summed E-state index contributed by atoms with van der Waals surface area (Å²) in [5.41, 5.74) is -1.38. The molecule has 2 unspecified atom stereocenters. The van der Waals surface area contributed by atoms with Crippen LogP contribution in [-0.2, 0) is 44.8 Å². The van der Waals surface area contributed by atoms with Gasteiger partial charge in [0.15, 0.2) is 6.10 Å². The van der Waals surface area contributed by atoms with Crippen LogP contribution in [-0.4, -0.2) is 58.8 Å². The molecule has 0 spiro atoms. The largest absolute Gasteiger partial charge is 0.448 e. The minimum atomic E-state index is -2.20. The second-order valence-corrected chi connectivity index (χ2v) is 12.1. The number of carbonyl (C=O) groups is 5. The van der Waals surface area contributed by atoms with Gasteiger partial charge in [-0.05, 0) is 29.5 Å². The van der Waals surface area contributed by atoms with Gasteiger partial charge in [0, 0.05) is 6.42 Å². The van der Waals surface area contributed by atoms with E-state index < -0.39 is 53.3 Å². The van der Waals surface area contributed by atoms with E-state index in [0.717, 1.165) is 12.0 Å². The van der Waals surface area contributed by atoms with E-state index in [4.69, 9.17) is 19.0 Å². The molecule has 6 rings (SSSR count). The first-order valence-electron chi connectivity index (χ1n) is 16.1. The Morgan fingerprint density at radius 3 is 2.02 bits per heavy atom. The minimum Gasteiger partial charge on any atom is -0.448 e. The van der Waals surface area contributed by atoms with Crippen LogP contribution in [0, 0.1) is 0 Å². The van der Waals surface area contributed by atoms with Gasteiger partial charge in [0.2, 0.25) is 5.91 Å². The first-order valence-corrected chi connectivity index (χ1v) is 16.1. The predicted molar refractivity (Wildman–Crippen MR) is 169 cm³/mol. The predicted octanol–water partition coefficient (Wildman–Crippen LogP) is 4.24. The normalized spacial score (nSPS) is 21.8. The van der Waals surface area contributed by atoms with Gasteiger partial charge >= 0.3 is 23.8 Å². The van der Waals surface area contributed by atoms with E-state index in [-0.39, 0.29) is 26.1 Å². The van der Waals surface area contributed by atoms with E-state index in [0.29, 0.717) is 41.9 Å². The molecule has 3 fully saturated rings. The molecule has 12 nitrogen and oxygen atoms in total. The summed E-state index contributed by atoms with van der Waals surface area (Å²) < 4.78 is 16.9. The lowest BCUT2D eigenvalue weighted by Gasteiger charge is -2.37. The summed E-state index contributed by atoms with van der Waals surface area (Å²) in [4.78, 5) is 72.6. The highest BCUT2D eigenvalue weighted by atomic mass is 16.8. The van der Waals surface area contributed by atoms with Gasteiger partial charge in [0.1, 0.15) is 24.8 Å². The molecule has 250 valence electrons. The molecule has 12 heteroatoms. The lowest BCUT2D eigenvalue weighted by atomic mass is 9.80. The van der Waals surface area contributed by atoms with Crippen LogP contribution in [0.1, 0.15) is 67.7 Å². The fraction of sp³-hybridized carbons (Fsp3) is 0.361. The quantitative estimate of drug-likeness (QED) is 0.242. The molecule has 3 aliphatic rings. The molecular formula is C36H37N3O9. The molecule has 0 bridgehead atoms. The Morgan fingerprint density at radius 2 is 1.44 bits per heavy atom. The maximum absolute atomic E-state index is 14.0. The van der Waals surface area contributed by atoms with E-state index in [9.17, 15) is 24.0 Å². The number of esters is 2. The smallest absolute Gasteiger partial charge is 0.408 e. The summed E-state index contributed by atoms with van der Waals surface area (Å²) in [6.07, 6.45) is 0.965. The van der Waals surface area contributed by atoms with Crippen molar-refractivity contribution in [3.8, 4) is 0 Å². The summed E-state index contributed by atoms with van der Waals surface area (Å²) in [5.74, 6) is -3.05. The Kier molecular flexibility index (Phi) is 9.72. The van der Waals surface area contributed by atoms with Crippen molar-refractivity contribution in [1.82, 2.24) is 15.7 Å².